The Labute approximate surface area is 121 Å². The van der Waals surface area contributed by atoms with Crippen molar-refractivity contribution in [3.8, 4) is 11.5 Å². The first-order valence-corrected chi connectivity index (χ1v) is 7.03. The lowest BCUT2D eigenvalue weighted by atomic mass is 9.89. The van der Waals surface area contributed by atoms with Gasteiger partial charge in [0.15, 0.2) is 5.78 Å². The van der Waals surface area contributed by atoms with Crippen molar-refractivity contribution in [3.63, 3.8) is 0 Å². The zero-order chi connectivity index (χ0) is 14.0. The second kappa shape index (κ2) is 5.51. The molecule has 0 aromatic heterocycles. The van der Waals surface area contributed by atoms with Gasteiger partial charge in [0, 0.05) is 0 Å². The SMILES string of the molecule is COc1ccc(C(=O)C2(C)CCCN2)c(OC)c1Br. The zero-order valence-electron chi connectivity index (χ0n) is 11.4. The molecule has 2 rings (SSSR count). The first kappa shape index (κ1) is 14.3. The summed E-state index contributed by atoms with van der Waals surface area (Å²) in [7, 11) is 3.14. The first-order valence-electron chi connectivity index (χ1n) is 6.24. The molecule has 1 aliphatic heterocycles. The first-order chi connectivity index (χ1) is 9.03. The molecule has 0 amide bonds. The highest BCUT2D eigenvalue weighted by Gasteiger charge is 2.38. The minimum Gasteiger partial charge on any atom is -0.495 e. The summed E-state index contributed by atoms with van der Waals surface area (Å²) in [4.78, 5) is 12.7. The number of rotatable bonds is 4. The highest BCUT2D eigenvalue weighted by Crippen LogP contribution is 2.39. The number of Topliss-reactive ketones (excluding diaryl/α,β-unsaturated/α-hetero) is 1. The predicted molar refractivity (Wildman–Crippen MR) is 77.2 cm³/mol. The third kappa shape index (κ3) is 2.49. The van der Waals surface area contributed by atoms with Crippen LogP contribution in [0.1, 0.15) is 30.1 Å². The van der Waals surface area contributed by atoms with Crippen LogP contribution in [-0.2, 0) is 0 Å². The number of hydrogen-bond acceptors (Lipinski definition) is 4. The third-order valence-corrected chi connectivity index (χ3v) is 4.35. The molecule has 1 unspecified atom stereocenters. The number of hydrogen-bond donors (Lipinski definition) is 1. The molecule has 0 aliphatic carbocycles. The molecule has 1 heterocycles. The number of ether oxygens (including phenoxy) is 2. The van der Waals surface area contributed by atoms with E-state index >= 15 is 0 Å². The van der Waals surface area contributed by atoms with Crippen LogP contribution in [0, 0.1) is 0 Å². The molecule has 0 spiro atoms. The maximum absolute atomic E-state index is 12.7. The third-order valence-electron chi connectivity index (χ3n) is 3.60. The predicted octanol–water partition coefficient (Wildman–Crippen LogP) is 2.79. The van der Waals surface area contributed by atoms with Gasteiger partial charge >= 0.3 is 0 Å². The number of ketones is 1. The maximum Gasteiger partial charge on any atom is 0.186 e. The van der Waals surface area contributed by atoms with Crippen molar-refractivity contribution in [2.75, 3.05) is 20.8 Å². The van der Waals surface area contributed by atoms with Gasteiger partial charge in [0.2, 0.25) is 0 Å². The second-order valence-corrected chi connectivity index (χ2v) is 5.65. The quantitative estimate of drug-likeness (QED) is 0.864. The lowest BCUT2D eigenvalue weighted by Gasteiger charge is -2.24. The van der Waals surface area contributed by atoms with E-state index in [0.717, 1.165) is 19.4 Å². The van der Waals surface area contributed by atoms with Crippen molar-refractivity contribution < 1.29 is 14.3 Å². The summed E-state index contributed by atoms with van der Waals surface area (Å²) in [5.41, 5.74) is 0.0773. The van der Waals surface area contributed by atoms with Gasteiger partial charge in [-0.1, -0.05) is 0 Å². The summed E-state index contributed by atoms with van der Waals surface area (Å²) in [5, 5.41) is 3.28. The van der Waals surface area contributed by atoms with Crippen molar-refractivity contribution in [1.29, 1.82) is 0 Å². The largest absolute Gasteiger partial charge is 0.495 e. The van der Waals surface area contributed by atoms with E-state index < -0.39 is 5.54 Å². The normalized spacial score (nSPS) is 22.3. The monoisotopic (exact) mass is 327 g/mol. The molecule has 1 aromatic rings. The van der Waals surface area contributed by atoms with Gasteiger partial charge in [-0.05, 0) is 54.4 Å². The molecule has 104 valence electrons. The van der Waals surface area contributed by atoms with E-state index in [9.17, 15) is 4.79 Å². The summed E-state index contributed by atoms with van der Waals surface area (Å²) in [6.45, 7) is 2.82. The van der Waals surface area contributed by atoms with Crippen LogP contribution in [0.4, 0.5) is 0 Å². The minimum atomic E-state index is -0.499. The fourth-order valence-corrected chi connectivity index (χ4v) is 3.13. The van der Waals surface area contributed by atoms with Crippen molar-refractivity contribution in [3.05, 3.63) is 22.2 Å². The molecular formula is C14H18BrNO3. The van der Waals surface area contributed by atoms with Crippen LogP contribution in [0.15, 0.2) is 16.6 Å². The van der Waals surface area contributed by atoms with Crippen molar-refractivity contribution >= 4 is 21.7 Å². The van der Waals surface area contributed by atoms with Crippen LogP contribution in [0.5, 0.6) is 11.5 Å². The minimum absolute atomic E-state index is 0.0604. The molecule has 0 bridgehead atoms. The van der Waals surface area contributed by atoms with Gasteiger partial charge in [0.25, 0.3) is 0 Å². The van der Waals surface area contributed by atoms with Crippen LogP contribution in [-0.4, -0.2) is 32.1 Å². The van der Waals surface area contributed by atoms with Crippen molar-refractivity contribution in [2.24, 2.45) is 0 Å². The number of carbonyl (C=O) groups is 1. The van der Waals surface area contributed by atoms with Crippen LogP contribution in [0.25, 0.3) is 0 Å². The highest BCUT2D eigenvalue weighted by atomic mass is 79.9. The molecule has 5 heteroatoms. The van der Waals surface area contributed by atoms with Crippen molar-refractivity contribution in [2.45, 2.75) is 25.3 Å². The smallest absolute Gasteiger partial charge is 0.186 e. The molecule has 4 nitrogen and oxygen atoms in total. The molecule has 1 saturated heterocycles. The van der Waals surface area contributed by atoms with Gasteiger partial charge in [0.1, 0.15) is 16.0 Å². The molecule has 1 aromatic carbocycles. The Morgan fingerprint density at radius 2 is 2.11 bits per heavy atom. The summed E-state index contributed by atoms with van der Waals surface area (Å²) in [6.07, 6.45) is 1.86. The van der Waals surface area contributed by atoms with E-state index in [0.29, 0.717) is 21.5 Å². The average Bonchev–Trinajstić information content (AvgIpc) is 2.85. The van der Waals surface area contributed by atoms with E-state index in [1.54, 1.807) is 26.4 Å². The lowest BCUT2D eigenvalue weighted by Crippen LogP contribution is -2.44. The lowest BCUT2D eigenvalue weighted by molar-refractivity contribution is 0.0881. The maximum atomic E-state index is 12.7. The topological polar surface area (TPSA) is 47.6 Å². The number of halogens is 1. The number of benzene rings is 1. The standard InChI is InChI=1S/C14H18BrNO3/c1-14(7-4-8-16-14)13(17)9-5-6-10(18-2)11(15)12(9)19-3/h5-6,16H,4,7-8H2,1-3H3. The Balaban J connectivity index is 2.45. The molecule has 19 heavy (non-hydrogen) atoms. The number of methoxy groups -OCH3 is 2. The number of carbonyl (C=O) groups excluding carboxylic acids is 1. The van der Waals surface area contributed by atoms with E-state index in [-0.39, 0.29) is 5.78 Å². The van der Waals surface area contributed by atoms with Gasteiger partial charge in [-0.2, -0.15) is 0 Å². The van der Waals surface area contributed by atoms with E-state index in [1.165, 1.54) is 0 Å². The molecule has 1 N–H and O–H groups in total. The van der Waals surface area contributed by atoms with E-state index in [4.69, 9.17) is 9.47 Å². The van der Waals surface area contributed by atoms with Gasteiger partial charge in [0.05, 0.1) is 25.3 Å². The Kier molecular flexibility index (Phi) is 4.16. The Morgan fingerprint density at radius 1 is 1.37 bits per heavy atom. The van der Waals surface area contributed by atoms with Crippen LogP contribution < -0.4 is 14.8 Å². The molecule has 1 aliphatic rings. The van der Waals surface area contributed by atoms with Crippen LogP contribution >= 0.6 is 15.9 Å². The average molecular weight is 328 g/mol. The van der Waals surface area contributed by atoms with Gasteiger partial charge < -0.3 is 14.8 Å². The summed E-state index contributed by atoms with van der Waals surface area (Å²) in [5.74, 6) is 1.24. The van der Waals surface area contributed by atoms with Gasteiger partial charge in [-0.3, -0.25) is 4.79 Å². The number of nitrogens with one attached hydrogen (secondary N) is 1. The van der Waals surface area contributed by atoms with Gasteiger partial charge in [-0.15, -0.1) is 0 Å². The summed E-state index contributed by atoms with van der Waals surface area (Å²) >= 11 is 3.42. The summed E-state index contributed by atoms with van der Waals surface area (Å²) < 4.78 is 11.3. The van der Waals surface area contributed by atoms with E-state index in [1.807, 2.05) is 6.92 Å². The second-order valence-electron chi connectivity index (χ2n) is 4.85. The summed E-state index contributed by atoms with van der Waals surface area (Å²) in [6, 6.07) is 3.54. The molecule has 1 atom stereocenters. The van der Waals surface area contributed by atoms with Crippen molar-refractivity contribution in [1.82, 2.24) is 5.32 Å². The molecule has 0 radical (unpaired) electrons. The fourth-order valence-electron chi connectivity index (χ4n) is 2.46. The van der Waals surface area contributed by atoms with Gasteiger partial charge in [-0.25, -0.2) is 0 Å². The van der Waals surface area contributed by atoms with E-state index in [2.05, 4.69) is 21.2 Å². The fraction of sp³-hybridized carbons (Fsp3) is 0.500. The van der Waals surface area contributed by atoms with Crippen LogP contribution in [0.3, 0.4) is 0 Å². The Morgan fingerprint density at radius 3 is 2.63 bits per heavy atom. The highest BCUT2D eigenvalue weighted by molar-refractivity contribution is 9.10. The Hall–Kier alpha value is -1.07. The zero-order valence-corrected chi connectivity index (χ0v) is 13.0. The van der Waals surface area contributed by atoms with Crippen LogP contribution in [0.2, 0.25) is 0 Å². The molecule has 0 saturated carbocycles. The molecule has 1 fully saturated rings. The Bertz CT molecular complexity index is 496. The molecular weight excluding hydrogens is 310 g/mol.